The van der Waals surface area contributed by atoms with Crippen molar-refractivity contribution in [3.05, 3.63) is 82.1 Å². The van der Waals surface area contributed by atoms with E-state index in [0.29, 0.717) is 33.2 Å². The molecule has 172 valence electrons. The molecule has 1 atom stereocenters. The van der Waals surface area contributed by atoms with Crippen molar-refractivity contribution in [1.29, 1.82) is 0 Å². The minimum absolute atomic E-state index is 0.165. The Bertz CT molecular complexity index is 1460. The number of carbonyl (C=O) groups excluding carboxylic acids is 1. The van der Waals surface area contributed by atoms with Gasteiger partial charge in [-0.1, -0.05) is 30.0 Å². The number of para-hydroxylation sites is 1. The largest absolute Gasteiger partial charge is 0.454 e. The monoisotopic (exact) mass is 473 g/mol. The summed E-state index contributed by atoms with van der Waals surface area (Å²) in [4.78, 5) is 31.3. The zero-order valence-electron chi connectivity index (χ0n) is 19.0. The molecule has 1 amide bonds. The maximum atomic E-state index is 13.5. The van der Waals surface area contributed by atoms with Gasteiger partial charge in [0.05, 0.1) is 21.8 Å². The molecule has 0 fully saturated rings. The highest BCUT2D eigenvalue weighted by Gasteiger charge is 2.22. The van der Waals surface area contributed by atoms with Gasteiger partial charge in [-0.05, 0) is 68.3 Å². The molecule has 5 rings (SSSR count). The lowest BCUT2D eigenvalue weighted by Gasteiger charge is -2.17. The van der Waals surface area contributed by atoms with Gasteiger partial charge in [0.2, 0.25) is 12.7 Å². The van der Waals surface area contributed by atoms with Gasteiger partial charge in [-0.15, -0.1) is 0 Å². The number of amides is 1. The fourth-order valence-corrected chi connectivity index (χ4v) is 4.86. The van der Waals surface area contributed by atoms with Crippen LogP contribution < -0.4 is 20.3 Å². The van der Waals surface area contributed by atoms with E-state index in [4.69, 9.17) is 14.5 Å². The number of fused-ring (bicyclic) bond motifs is 2. The van der Waals surface area contributed by atoms with Crippen LogP contribution in [-0.4, -0.2) is 27.5 Å². The van der Waals surface area contributed by atoms with Crippen LogP contribution in [0.15, 0.2) is 70.6 Å². The molecule has 1 aliphatic rings. The molecule has 0 bridgehead atoms. The Morgan fingerprint density at radius 1 is 1.03 bits per heavy atom. The molecule has 7 nitrogen and oxygen atoms in total. The highest BCUT2D eigenvalue weighted by Crippen LogP contribution is 2.34. The Morgan fingerprint density at radius 3 is 2.56 bits per heavy atom. The van der Waals surface area contributed by atoms with Gasteiger partial charge in [0.1, 0.15) is 0 Å². The van der Waals surface area contributed by atoms with E-state index in [1.54, 1.807) is 35.8 Å². The number of ether oxygens (including phenoxy) is 2. The molecule has 8 heteroatoms. The van der Waals surface area contributed by atoms with Gasteiger partial charge in [-0.2, -0.15) is 0 Å². The molecule has 2 heterocycles. The molecule has 0 unspecified atom stereocenters. The second kappa shape index (κ2) is 8.87. The predicted molar refractivity (Wildman–Crippen MR) is 133 cm³/mol. The summed E-state index contributed by atoms with van der Waals surface area (Å²) >= 11 is 1.24. The van der Waals surface area contributed by atoms with E-state index in [0.717, 1.165) is 16.8 Å². The number of nitrogens with one attached hydrogen (secondary N) is 1. The summed E-state index contributed by atoms with van der Waals surface area (Å²) in [5, 5.41) is 3.38. The van der Waals surface area contributed by atoms with Gasteiger partial charge < -0.3 is 14.8 Å². The number of hydrogen-bond acceptors (Lipinski definition) is 6. The molecule has 1 aromatic heterocycles. The number of aromatic nitrogens is 2. The topological polar surface area (TPSA) is 82.5 Å². The van der Waals surface area contributed by atoms with Crippen LogP contribution in [0.25, 0.3) is 16.6 Å². The minimum Gasteiger partial charge on any atom is -0.454 e. The Balaban J connectivity index is 1.50. The van der Waals surface area contributed by atoms with Crippen LogP contribution in [0.4, 0.5) is 5.69 Å². The number of benzene rings is 3. The SMILES string of the molecule is Cc1cc(C)cc(-n2c(S[C@H](C)C(=O)Nc3ccc4c(c3)OCO4)nc3ccccc3c2=O)c1. The third-order valence-electron chi connectivity index (χ3n) is 5.50. The quantitative estimate of drug-likeness (QED) is 0.330. The van der Waals surface area contributed by atoms with Crippen LogP contribution in [-0.2, 0) is 4.79 Å². The number of anilines is 1. The first-order valence-electron chi connectivity index (χ1n) is 10.9. The lowest BCUT2D eigenvalue weighted by atomic mass is 10.1. The number of thioether (sulfide) groups is 1. The summed E-state index contributed by atoms with van der Waals surface area (Å²) in [5.41, 5.74) is 3.85. The van der Waals surface area contributed by atoms with Gasteiger partial charge in [0.25, 0.3) is 5.56 Å². The summed E-state index contributed by atoms with van der Waals surface area (Å²) in [6, 6.07) is 18.5. The summed E-state index contributed by atoms with van der Waals surface area (Å²) in [6.45, 7) is 5.94. The maximum absolute atomic E-state index is 13.5. The van der Waals surface area contributed by atoms with E-state index in [1.165, 1.54) is 11.8 Å². The number of hydrogen-bond donors (Lipinski definition) is 1. The zero-order chi connectivity index (χ0) is 23.8. The van der Waals surface area contributed by atoms with Crippen molar-refractivity contribution in [2.75, 3.05) is 12.1 Å². The molecule has 1 aliphatic heterocycles. The predicted octanol–water partition coefficient (Wildman–Crippen LogP) is 4.85. The first-order chi connectivity index (χ1) is 16.4. The second-order valence-corrected chi connectivity index (χ2v) is 9.52. The Labute approximate surface area is 200 Å². The molecule has 0 saturated heterocycles. The Morgan fingerprint density at radius 2 is 1.76 bits per heavy atom. The molecule has 0 radical (unpaired) electrons. The third-order valence-corrected chi connectivity index (χ3v) is 6.55. The van der Waals surface area contributed by atoms with Crippen LogP contribution >= 0.6 is 11.8 Å². The van der Waals surface area contributed by atoms with Gasteiger partial charge in [-0.3, -0.25) is 14.2 Å². The summed E-state index contributed by atoms with van der Waals surface area (Å²) in [7, 11) is 0. The third kappa shape index (κ3) is 4.24. The number of aryl methyl sites for hydroxylation is 2. The van der Waals surface area contributed by atoms with Crippen LogP contribution in [0.1, 0.15) is 18.1 Å². The van der Waals surface area contributed by atoms with Crippen molar-refractivity contribution >= 4 is 34.3 Å². The Kier molecular flexibility index (Phi) is 5.75. The molecule has 4 aromatic rings. The van der Waals surface area contributed by atoms with E-state index < -0.39 is 5.25 Å². The smallest absolute Gasteiger partial charge is 0.266 e. The van der Waals surface area contributed by atoms with Crippen molar-refractivity contribution in [2.24, 2.45) is 0 Å². The molecular weight excluding hydrogens is 450 g/mol. The average Bonchev–Trinajstić information content (AvgIpc) is 3.26. The molecule has 0 saturated carbocycles. The zero-order valence-corrected chi connectivity index (χ0v) is 19.8. The second-order valence-electron chi connectivity index (χ2n) is 8.22. The standard InChI is InChI=1S/C26H23N3O4S/c1-15-10-16(2)12-19(11-15)29-25(31)20-6-4-5-7-21(20)28-26(29)34-17(3)24(30)27-18-8-9-22-23(13-18)33-14-32-22/h4-13,17H,14H2,1-3H3,(H,27,30)/t17-/m1/s1. The van der Waals surface area contributed by atoms with Gasteiger partial charge >= 0.3 is 0 Å². The van der Waals surface area contributed by atoms with Crippen LogP contribution in [0.5, 0.6) is 11.5 Å². The number of rotatable bonds is 5. The van der Waals surface area contributed by atoms with E-state index >= 15 is 0 Å². The molecule has 0 spiro atoms. The fourth-order valence-electron chi connectivity index (χ4n) is 3.93. The molecule has 1 N–H and O–H groups in total. The maximum Gasteiger partial charge on any atom is 0.266 e. The summed E-state index contributed by atoms with van der Waals surface area (Å²) < 4.78 is 12.3. The van der Waals surface area contributed by atoms with Crippen molar-refractivity contribution in [1.82, 2.24) is 9.55 Å². The van der Waals surface area contributed by atoms with Crippen molar-refractivity contribution in [3.8, 4) is 17.2 Å². The lowest BCUT2D eigenvalue weighted by Crippen LogP contribution is -2.26. The van der Waals surface area contributed by atoms with Gasteiger partial charge in [0, 0.05) is 11.8 Å². The van der Waals surface area contributed by atoms with Gasteiger partial charge in [0.15, 0.2) is 16.7 Å². The molecular formula is C26H23N3O4S. The number of carbonyl (C=O) groups is 1. The normalized spacial score (nSPS) is 13.1. The molecule has 34 heavy (non-hydrogen) atoms. The first kappa shape index (κ1) is 22.0. The fraction of sp³-hybridized carbons (Fsp3) is 0.192. The van der Waals surface area contributed by atoms with Crippen molar-refractivity contribution in [2.45, 2.75) is 31.2 Å². The molecule has 0 aliphatic carbocycles. The van der Waals surface area contributed by atoms with E-state index in [2.05, 4.69) is 11.4 Å². The van der Waals surface area contributed by atoms with Crippen LogP contribution in [0.2, 0.25) is 0 Å². The molecule has 3 aromatic carbocycles. The van der Waals surface area contributed by atoms with Gasteiger partial charge in [-0.25, -0.2) is 4.98 Å². The first-order valence-corrected chi connectivity index (χ1v) is 11.7. The highest BCUT2D eigenvalue weighted by molar-refractivity contribution is 8.00. The average molecular weight is 474 g/mol. The van der Waals surface area contributed by atoms with Crippen LogP contribution in [0, 0.1) is 13.8 Å². The Hall–Kier alpha value is -3.78. The minimum atomic E-state index is -0.518. The van der Waals surface area contributed by atoms with E-state index in [-0.39, 0.29) is 18.3 Å². The summed E-state index contributed by atoms with van der Waals surface area (Å²) in [6.07, 6.45) is 0. The number of nitrogens with zero attached hydrogens (tertiary/aromatic N) is 2. The lowest BCUT2D eigenvalue weighted by molar-refractivity contribution is -0.115. The van der Waals surface area contributed by atoms with Crippen molar-refractivity contribution in [3.63, 3.8) is 0 Å². The summed E-state index contributed by atoms with van der Waals surface area (Å²) in [5.74, 6) is 1.04. The van der Waals surface area contributed by atoms with Crippen LogP contribution in [0.3, 0.4) is 0 Å². The van der Waals surface area contributed by atoms with E-state index in [9.17, 15) is 9.59 Å². The highest BCUT2D eigenvalue weighted by atomic mass is 32.2. The van der Waals surface area contributed by atoms with Crippen molar-refractivity contribution < 1.29 is 14.3 Å². The van der Waals surface area contributed by atoms with E-state index in [1.807, 2.05) is 44.2 Å².